The molecule has 0 radical (unpaired) electrons. The predicted molar refractivity (Wildman–Crippen MR) is 110 cm³/mol. The van der Waals surface area contributed by atoms with Crippen molar-refractivity contribution >= 4 is 34.3 Å². The summed E-state index contributed by atoms with van der Waals surface area (Å²) in [5.74, 6) is 0.297. The molecule has 7 nitrogen and oxygen atoms in total. The van der Waals surface area contributed by atoms with Gasteiger partial charge in [-0.15, -0.1) is 0 Å². The second kappa shape index (κ2) is 7.42. The Kier molecular flexibility index (Phi) is 4.81. The van der Waals surface area contributed by atoms with Gasteiger partial charge in [0.05, 0.1) is 0 Å². The lowest BCUT2D eigenvalue weighted by atomic mass is 10.2. The third-order valence-electron chi connectivity index (χ3n) is 5.16. The van der Waals surface area contributed by atoms with Gasteiger partial charge < -0.3 is 10.6 Å². The number of aryl methyl sites for hydroxylation is 1. The van der Waals surface area contributed by atoms with Crippen LogP contribution in [-0.4, -0.2) is 20.4 Å². The highest BCUT2D eigenvalue weighted by Crippen LogP contribution is 2.30. The zero-order valence-electron chi connectivity index (χ0n) is 16.0. The Hall–Kier alpha value is -3.22. The molecule has 1 fully saturated rings. The molecule has 0 saturated heterocycles. The molecule has 2 N–H and O–H groups in total. The summed E-state index contributed by atoms with van der Waals surface area (Å²) in [6, 6.07) is 9.24. The van der Waals surface area contributed by atoms with Gasteiger partial charge in [-0.2, -0.15) is 4.98 Å². The number of amides is 1. The first-order chi connectivity index (χ1) is 13.5. The minimum atomic E-state index is -0.122. The number of nitrogens with zero attached hydrogens (tertiary/aromatic N) is 3. The van der Waals surface area contributed by atoms with E-state index in [4.69, 9.17) is 0 Å². The Morgan fingerprint density at radius 1 is 1.18 bits per heavy atom. The molecule has 1 amide bonds. The first-order valence-corrected chi connectivity index (χ1v) is 9.55. The van der Waals surface area contributed by atoms with Gasteiger partial charge in [0.15, 0.2) is 0 Å². The van der Waals surface area contributed by atoms with Gasteiger partial charge >= 0.3 is 0 Å². The van der Waals surface area contributed by atoms with Crippen LogP contribution < -0.4 is 16.2 Å². The maximum absolute atomic E-state index is 12.5. The second-order valence-corrected chi connectivity index (χ2v) is 7.29. The number of rotatable bonds is 4. The summed E-state index contributed by atoms with van der Waals surface area (Å²) in [4.78, 5) is 32.9. The molecule has 144 valence electrons. The van der Waals surface area contributed by atoms with Crippen LogP contribution in [0.25, 0.3) is 11.0 Å². The molecule has 2 aromatic heterocycles. The SMILES string of the molecule is CC(=O)Nc1cc(Nc2ncc3ccc(=O)n(C4CCCC4)c3n2)ccc1C. The van der Waals surface area contributed by atoms with Gasteiger partial charge in [0.1, 0.15) is 5.65 Å². The zero-order chi connectivity index (χ0) is 19.7. The number of fused-ring (bicyclic) bond motifs is 1. The minimum absolute atomic E-state index is 0.0210. The van der Waals surface area contributed by atoms with E-state index in [1.807, 2.05) is 29.7 Å². The molecule has 0 bridgehead atoms. The molecule has 2 heterocycles. The summed E-state index contributed by atoms with van der Waals surface area (Å²) in [7, 11) is 0. The van der Waals surface area contributed by atoms with Crippen molar-refractivity contribution in [1.29, 1.82) is 0 Å². The average Bonchev–Trinajstić information content (AvgIpc) is 3.18. The summed E-state index contributed by atoms with van der Waals surface area (Å²) in [6.45, 7) is 3.41. The van der Waals surface area contributed by atoms with Crippen LogP contribution in [0.1, 0.15) is 44.2 Å². The van der Waals surface area contributed by atoms with E-state index in [9.17, 15) is 9.59 Å². The standard InChI is InChI=1S/C21H23N5O2/c1-13-7-9-16(11-18(13)23-14(2)27)24-21-22-12-15-8-10-19(28)26(20(15)25-21)17-5-3-4-6-17/h7-12,17H,3-6H2,1-2H3,(H,23,27)(H,22,24,25). The van der Waals surface area contributed by atoms with Gasteiger partial charge in [0.25, 0.3) is 5.56 Å². The summed E-state index contributed by atoms with van der Waals surface area (Å²) in [5.41, 5.74) is 3.11. The number of nitrogens with one attached hydrogen (secondary N) is 2. The zero-order valence-corrected chi connectivity index (χ0v) is 16.0. The van der Waals surface area contributed by atoms with Crippen LogP contribution >= 0.6 is 0 Å². The lowest BCUT2D eigenvalue weighted by Crippen LogP contribution is -2.23. The Morgan fingerprint density at radius 2 is 1.96 bits per heavy atom. The highest BCUT2D eigenvalue weighted by atomic mass is 16.1. The number of aromatic nitrogens is 3. The Bertz CT molecular complexity index is 1100. The first kappa shape index (κ1) is 18.2. The maximum atomic E-state index is 12.5. The number of pyridine rings is 1. The van der Waals surface area contributed by atoms with Crippen molar-refractivity contribution in [3.05, 3.63) is 52.4 Å². The van der Waals surface area contributed by atoms with Gasteiger partial charge in [-0.3, -0.25) is 14.2 Å². The van der Waals surface area contributed by atoms with Crippen LogP contribution in [0.2, 0.25) is 0 Å². The predicted octanol–water partition coefficient (Wildman–Crippen LogP) is 3.92. The molecule has 1 aliphatic rings. The molecule has 28 heavy (non-hydrogen) atoms. The number of hydrogen-bond acceptors (Lipinski definition) is 5. The van der Waals surface area contributed by atoms with E-state index < -0.39 is 0 Å². The molecule has 1 aliphatic carbocycles. The number of carbonyl (C=O) groups is 1. The smallest absolute Gasteiger partial charge is 0.252 e. The van der Waals surface area contributed by atoms with Crippen LogP contribution in [0.15, 0.2) is 41.3 Å². The van der Waals surface area contributed by atoms with E-state index in [1.165, 1.54) is 6.92 Å². The molecule has 1 aromatic carbocycles. The van der Waals surface area contributed by atoms with Gasteiger partial charge in [-0.05, 0) is 43.5 Å². The van der Waals surface area contributed by atoms with Crippen molar-refractivity contribution in [3.8, 4) is 0 Å². The van der Waals surface area contributed by atoms with E-state index >= 15 is 0 Å². The molecule has 3 aromatic rings. The highest BCUT2D eigenvalue weighted by Gasteiger charge is 2.20. The topological polar surface area (TPSA) is 88.9 Å². The van der Waals surface area contributed by atoms with Crippen LogP contribution in [0.5, 0.6) is 0 Å². The summed E-state index contributed by atoms with van der Waals surface area (Å²) in [5, 5.41) is 6.85. The van der Waals surface area contributed by atoms with Crippen LogP contribution in [-0.2, 0) is 4.79 Å². The number of carbonyl (C=O) groups excluding carboxylic acids is 1. The Morgan fingerprint density at radius 3 is 2.71 bits per heavy atom. The molecule has 0 atom stereocenters. The summed E-state index contributed by atoms with van der Waals surface area (Å²) < 4.78 is 1.81. The van der Waals surface area contributed by atoms with E-state index in [-0.39, 0.29) is 17.5 Å². The first-order valence-electron chi connectivity index (χ1n) is 9.55. The van der Waals surface area contributed by atoms with E-state index in [1.54, 1.807) is 18.3 Å². The molecular formula is C21H23N5O2. The quantitative estimate of drug-likeness (QED) is 0.719. The maximum Gasteiger partial charge on any atom is 0.252 e. The normalized spacial score (nSPS) is 14.4. The highest BCUT2D eigenvalue weighted by molar-refractivity contribution is 5.90. The molecule has 0 spiro atoms. The molecule has 1 saturated carbocycles. The lowest BCUT2D eigenvalue weighted by Gasteiger charge is -2.16. The molecule has 0 unspecified atom stereocenters. The van der Waals surface area contributed by atoms with Crippen LogP contribution in [0.3, 0.4) is 0 Å². The molecule has 4 rings (SSSR count). The summed E-state index contributed by atoms with van der Waals surface area (Å²) in [6.07, 6.45) is 6.02. The van der Waals surface area contributed by atoms with Crippen LogP contribution in [0, 0.1) is 6.92 Å². The fourth-order valence-corrected chi connectivity index (χ4v) is 3.77. The van der Waals surface area contributed by atoms with Gasteiger partial charge in [-0.1, -0.05) is 18.9 Å². The van der Waals surface area contributed by atoms with E-state index in [0.717, 1.165) is 48.0 Å². The number of hydrogen-bond donors (Lipinski definition) is 2. The molecule has 0 aliphatic heterocycles. The lowest BCUT2D eigenvalue weighted by molar-refractivity contribution is -0.114. The van der Waals surface area contributed by atoms with Crippen molar-refractivity contribution in [2.45, 2.75) is 45.6 Å². The van der Waals surface area contributed by atoms with Crippen molar-refractivity contribution in [3.63, 3.8) is 0 Å². The van der Waals surface area contributed by atoms with Gasteiger partial charge in [0.2, 0.25) is 11.9 Å². The third kappa shape index (κ3) is 3.60. The third-order valence-corrected chi connectivity index (χ3v) is 5.16. The Balaban J connectivity index is 1.71. The van der Waals surface area contributed by atoms with Gasteiger partial charge in [-0.25, -0.2) is 4.98 Å². The van der Waals surface area contributed by atoms with Gasteiger partial charge in [0, 0.05) is 42.0 Å². The number of anilines is 3. The Labute approximate surface area is 162 Å². The monoisotopic (exact) mass is 377 g/mol. The van der Waals surface area contributed by atoms with Crippen LogP contribution in [0.4, 0.5) is 17.3 Å². The molecule has 7 heteroatoms. The fraction of sp³-hybridized carbons (Fsp3) is 0.333. The summed E-state index contributed by atoms with van der Waals surface area (Å²) >= 11 is 0. The average molecular weight is 377 g/mol. The number of benzene rings is 1. The largest absolute Gasteiger partial charge is 0.326 e. The van der Waals surface area contributed by atoms with Crippen molar-refractivity contribution in [2.75, 3.05) is 10.6 Å². The van der Waals surface area contributed by atoms with E-state index in [0.29, 0.717) is 11.6 Å². The second-order valence-electron chi connectivity index (χ2n) is 7.29. The van der Waals surface area contributed by atoms with Crippen molar-refractivity contribution in [2.24, 2.45) is 0 Å². The van der Waals surface area contributed by atoms with Crippen molar-refractivity contribution < 1.29 is 4.79 Å². The van der Waals surface area contributed by atoms with Crippen molar-refractivity contribution in [1.82, 2.24) is 14.5 Å². The van der Waals surface area contributed by atoms with E-state index in [2.05, 4.69) is 20.6 Å². The molecular weight excluding hydrogens is 354 g/mol. The minimum Gasteiger partial charge on any atom is -0.326 e. The fourth-order valence-electron chi connectivity index (χ4n) is 3.77.